The lowest BCUT2D eigenvalue weighted by molar-refractivity contribution is -0.141. The summed E-state index contributed by atoms with van der Waals surface area (Å²) in [6, 6.07) is 13.8. The largest absolute Gasteiger partial charge is 0.511 e. The third kappa shape index (κ3) is 10.5. The summed E-state index contributed by atoms with van der Waals surface area (Å²) in [5.74, 6) is -0.545. The highest BCUT2D eigenvalue weighted by atomic mass is 35.5. The van der Waals surface area contributed by atoms with Gasteiger partial charge in [-0.15, -0.1) is 5.10 Å². The number of benzene rings is 2. The summed E-state index contributed by atoms with van der Waals surface area (Å²) in [5.41, 5.74) is 4.18. The summed E-state index contributed by atoms with van der Waals surface area (Å²) in [6.07, 6.45) is -7.90. The van der Waals surface area contributed by atoms with E-state index in [9.17, 15) is 37.1 Å². The molecule has 2 aliphatic heterocycles. The molecule has 3 N–H and O–H groups in total. The van der Waals surface area contributed by atoms with Gasteiger partial charge in [-0.2, -0.15) is 13.2 Å². The second-order valence-electron chi connectivity index (χ2n) is 13.9. The van der Waals surface area contributed by atoms with Crippen LogP contribution in [0.15, 0.2) is 65.6 Å². The predicted octanol–water partition coefficient (Wildman–Crippen LogP) is 5.30. The van der Waals surface area contributed by atoms with E-state index in [2.05, 4.69) is 19.8 Å². The van der Waals surface area contributed by atoms with Gasteiger partial charge in [0.1, 0.15) is 5.82 Å². The lowest BCUT2D eigenvalue weighted by Crippen LogP contribution is -2.53. The van der Waals surface area contributed by atoms with Gasteiger partial charge in [0.15, 0.2) is 11.9 Å². The van der Waals surface area contributed by atoms with Gasteiger partial charge in [0.05, 0.1) is 34.5 Å². The third-order valence-corrected chi connectivity index (χ3v) is 10.2. The average Bonchev–Trinajstić information content (AvgIpc) is 3.62. The molecule has 6 rings (SSSR count). The van der Waals surface area contributed by atoms with E-state index in [1.165, 1.54) is 39.7 Å². The van der Waals surface area contributed by atoms with Crippen LogP contribution in [0.25, 0.3) is 11.4 Å². The molecule has 2 aromatic heterocycles. The molecule has 21 heteroatoms. The summed E-state index contributed by atoms with van der Waals surface area (Å²) in [6.45, 7) is 4.14. The Morgan fingerprint density at radius 2 is 1.65 bits per heavy atom. The van der Waals surface area contributed by atoms with Crippen molar-refractivity contribution < 1.29 is 51.3 Å². The van der Waals surface area contributed by atoms with E-state index in [0.717, 1.165) is 11.6 Å². The van der Waals surface area contributed by atoms with Crippen molar-refractivity contribution in [1.29, 1.82) is 0 Å². The number of aromatic nitrogens is 4. The molecule has 2 saturated heterocycles. The number of carbonyl (C=O) groups is 4. The first-order valence-electron chi connectivity index (χ1n) is 19.0. The van der Waals surface area contributed by atoms with Crippen LogP contribution in [-0.4, -0.2) is 112 Å². The van der Waals surface area contributed by atoms with Gasteiger partial charge in [-0.1, -0.05) is 41.9 Å². The Bertz CT molecular complexity index is 2220. The number of piperazine rings is 1. The van der Waals surface area contributed by atoms with E-state index in [1.54, 1.807) is 13.0 Å². The number of rotatable bonds is 11. The van der Waals surface area contributed by atoms with Crippen molar-refractivity contribution >= 4 is 47.2 Å². The number of anilines is 2. The number of pyridine rings is 1. The molecule has 4 heterocycles. The van der Waals surface area contributed by atoms with Gasteiger partial charge in [0.2, 0.25) is 6.29 Å². The van der Waals surface area contributed by atoms with Crippen LogP contribution in [0.4, 0.5) is 34.3 Å². The zero-order chi connectivity index (χ0) is 43.1. The molecule has 17 nitrogen and oxygen atoms in total. The quantitative estimate of drug-likeness (QED) is 0.0852. The van der Waals surface area contributed by atoms with Crippen molar-refractivity contribution in [2.45, 2.75) is 57.7 Å². The van der Waals surface area contributed by atoms with Crippen LogP contribution in [0.2, 0.25) is 5.02 Å². The van der Waals surface area contributed by atoms with Gasteiger partial charge >= 0.3 is 30.1 Å². The van der Waals surface area contributed by atoms with Crippen molar-refractivity contribution in [3.63, 3.8) is 0 Å². The number of H-pyrrole nitrogens is 1. The number of nitrogens with zero attached hydrogens (tertiary/aromatic N) is 6. The number of aromatic amines is 1. The smallest absolute Gasteiger partial charge is 0.436 e. The number of nitrogens with one attached hydrogen (secondary N) is 1. The number of nitrogens with two attached hydrogens (primary N) is 1. The minimum absolute atomic E-state index is 0.0261. The Hall–Kier alpha value is -6.31. The molecule has 320 valence electrons. The highest BCUT2D eigenvalue weighted by Gasteiger charge is 2.37. The Kier molecular flexibility index (Phi) is 13.5. The van der Waals surface area contributed by atoms with Gasteiger partial charge in [-0.25, -0.2) is 28.8 Å². The molecular formula is C39H42ClF3N8O9. The SMILES string of the molecule is CCOC(=O)OC(C)OC(=O)c1ccc(N2CCN(C(=O)[C@@H](Cc3cc(Cl)c(N)c(C(F)(F)F)c3)OC(=O)N3CCC(n4nc(-c5ccccc5)[nH]c4=O)CC3)CC2)nc1. The number of alkyl halides is 3. The van der Waals surface area contributed by atoms with Crippen LogP contribution in [0.5, 0.6) is 0 Å². The molecule has 2 fully saturated rings. The maximum atomic E-state index is 14.1. The number of carbonyl (C=O) groups excluding carboxylic acids is 4. The van der Waals surface area contributed by atoms with Crippen molar-refractivity contribution in [3.8, 4) is 11.4 Å². The number of hydrogen-bond donors (Lipinski definition) is 2. The second kappa shape index (κ2) is 18.7. The monoisotopic (exact) mass is 858 g/mol. The van der Waals surface area contributed by atoms with E-state index in [0.29, 0.717) is 24.5 Å². The molecule has 4 aromatic rings. The van der Waals surface area contributed by atoms with E-state index in [1.807, 2.05) is 35.2 Å². The maximum absolute atomic E-state index is 14.1. The standard InChI is InChI=1S/C39H42ClF3N8O9/c1-3-57-38(56)59-23(2)58-35(53)26-9-10-31(45-22-26)48-15-17-49(18-16-48)34(52)30(21-24-19-28(39(41,42)43)32(44)29(40)20-24)60-37(55)50-13-11-27(12-14-50)51-36(54)46-33(47-51)25-7-5-4-6-8-25/h4-10,19-20,22-23,27,30H,3,11-18,21,44H2,1-2H3,(H,46,47,54)/t23?,30-/m1/s1. The Labute approximate surface area is 346 Å². The van der Waals surface area contributed by atoms with Gasteiger partial charge in [-0.3, -0.25) is 9.78 Å². The van der Waals surface area contributed by atoms with Crippen molar-refractivity contribution in [3.05, 3.63) is 93.0 Å². The number of amides is 2. The minimum atomic E-state index is -4.85. The van der Waals surface area contributed by atoms with Gasteiger partial charge in [0, 0.05) is 64.4 Å². The van der Waals surface area contributed by atoms with E-state index >= 15 is 0 Å². The first-order chi connectivity index (χ1) is 28.6. The number of nitrogen functional groups attached to an aromatic ring is 1. The highest BCUT2D eigenvalue weighted by Crippen LogP contribution is 2.38. The molecule has 0 radical (unpaired) electrons. The number of ether oxygens (including phenoxy) is 4. The highest BCUT2D eigenvalue weighted by molar-refractivity contribution is 6.33. The van der Waals surface area contributed by atoms with Crippen LogP contribution >= 0.6 is 11.6 Å². The number of hydrogen-bond acceptors (Lipinski definition) is 13. The second-order valence-corrected chi connectivity index (χ2v) is 14.3. The summed E-state index contributed by atoms with van der Waals surface area (Å²) in [7, 11) is 0. The zero-order valence-corrected chi connectivity index (χ0v) is 33.3. The number of likely N-dealkylation sites (tertiary alicyclic amines) is 1. The molecule has 2 aliphatic rings. The fourth-order valence-electron chi connectivity index (χ4n) is 6.80. The van der Waals surface area contributed by atoms with Crippen LogP contribution in [-0.2, 0) is 36.3 Å². The van der Waals surface area contributed by atoms with Crippen LogP contribution in [0.1, 0.15) is 54.2 Å². The minimum Gasteiger partial charge on any atom is -0.436 e. The van der Waals surface area contributed by atoms with Crippen LogP contribution in [0, 0.1) is 0 Å². The predicted molar refractivity (Wildman–Crippen MR) is 209 cm³/mol. The molecule has 1 unspecified atom stereocenters. The third-order valence-electron chi connectivity index (χ3n) is 9.89. The van der Waals surface area contributed by atoms with Gasteiger partial charge in [0.25, 0.3) is 5.91 Å². The van der Waals surface area contributed by atoms with E-state index in [-0.39, 0.29) is 68.1 Å². The van der Waals surface area contributed by atoms with Gasteiger partial charge in [-0.05, 0) is 49.6 Å². The molecular weight excluding hydrogens is 817 g/mol. The van der Waals surface area contributed by atoms with E-state index < -0.39 is 66.1 Å². The maximum Gasteiger partial charge on any atom is 0.511 e. The fraction of sp³-hybridized carbons (Fsp3) is 0.410. The Morgan fingerprint density at radius 3 is 2.28 bits per heavy atom. The Balaban J connectivity index is 1.11. The van der Waals surface area contributed by atoms with Crippen molar-refractivity contribution in [1.82, 2.24) is 29.5 Å². The molecule has 0 saturated carbocycles. The molecule has 60 heavy (non-hydrogen) atoms. The summed E-state index contributed by atoms with van der Waals surface area (Å²) < 4.78 is 63.4. The van der Waals surface area contributed by atoms with Crippen LogP contribution in [0.3, 0.4) is 0 Å². The lowest BCUT2D eigenvalue weighted by Gasteiger charge is -2.37. The fourth-order valence-corrected chi connectivity index (χ4v) is 7.04. The molecule has 2 amide bonds. The molecule has 0 aliphatic carbocycles. The molecule has 2 aromatic carbocycles. The summed E-state index contributed by atoms with van der Waals surface area (Å²) in [5, 5.41) is 4.09. The first-order valence-corrected chi connectivity index (χ1v) is 19.4. The number of halogens is 4. The zero-order valence-electron chi connectivity index (χ0n) is 32.5. The number of esters is 1. The Morgan fingerprint density at radius 1 is 0.950 bits per heavy atom. The summed E-state index contributed by atoms with van der Waals surface area (Å²) >= 11 is 6.10. The number of piperidine rings is 1. The molecule has 0 spiro atoms. The first kappa shape index (κ1) is 43.3. The van der Waals surface area contributed by atoms with E-state index in [4.69, 9.17) is 31.5 Å². The van der Waals surface area contributed by atoms with Crippen LogP contribution < -0.4 is 16.3 Å². The summed E-state index contributed by atoms with van der Waals surface area (Å²) in [4.78, 5) is 76.3. The van der Waals surface area contributed by atoms with Crippen molar-refractivity contribution in [2.75, 3.05) is 56.5 Å². The normalized spacial score (nSPS) is 15.9. The lowest BCUT2D eigenvalue weighted by atomic mass is 10.0. The topological polar surface area (TPSA) is 205 Å². The molecule has 2 atom stereocenters. The average molecular weight is 859 g/mol. The van der Waals surface area contributed by atoms with Gasteiger partial charge < -0.3 is 39.4 Å². The molecule has 0 bridgehead atoms. The van der Waals surface area contributed by atoms with Crippen molar-refractivity contribution in [2.24, 2.45) is 0 Å².